The van der Waals surface area contributed by atoms with Crippen LogP contribution in [0, 0.1) is 0 Å². The van der Waals surface area contributed by atoms with Gasteiger partial charge >= 0.3 is 0 Å². The van der Waals surface area contributed by atoms with Gasteiger partial charge in [0.05, 0.1) is 0 Å². The van der Waals surface area contributed by atoms with Crippen molar-refractivity contribution in [1.82, 2.24) is 0 Å². The minimum Gasteiger partial charge on any atom is -0.398 e. The highest BCUT2D eigenvalue weighted by molar-refractivity contribution is 7.80. The van der Waals surface area contributed by atoms with E-state index in [0.717, 1.165) is 10.5 Å². The lowest BCUT2D eigenvalue weighted by molar-refractivity contribution is 1.06. The molecule has 2 nitrogen and oxygen atoms in total. The van der Waals surface area contributed by atoms with Gasteiger partial charge in [-0.25, -0.2) is 0 Å². The molecule has 1 aromatic carbocycles. The minimum atomic E-state index is 0.536. The maximum Gasteiger partial charge on any atom is 0.0449 e. The van der Waals surface area contributed by atoms with Crippen LogP contribution in [0.5, 0.6) is 0 Å². The molecular formula is C7H10N2S. The van der Waals surface area contributed by atoms with Crippen molar-refractivity contribution in [2.75, 3.05) is 5.73 Å². The van der Waals surface area contributed by atoms with Gasteiger partial charge in [-0.1, -0.05) is 6.07 Å². The van der Waals surface area contributed by atoms with Gasteiger partial charge in [0.1, 0.15) is 0 Å². The molecule has 0 spiro atoms. The average molecular weight is 154 g/mol. The van der Waals surface area contributed by atoms with Gasteiger partial charge in [-0.3, -0.25) is 0 Å². The zero-order chi connectivity index (χ0) is 7.56. The first kappa shape index (κ1) is 7.44. The molecule has 0 bridgehead atoms. The van der Waals surface area contributed by atoms with Crippen molar-refractivity contribution in [3.63, 3.8) is 0 Å². The van der Waals surface area contributed by atoms with E-state index in [9.17, 15) is 0 Å². The van der Waals surface area contributed by atoms with Gasteiger partial charge < -0.3 is 11.5 Å². The first-order chi connectivity index (χ1) is 4.74. The van der Waals surface area contributed by atoms with E-state index in [1.807, 2.05) is 18.2 Å². The second-order valence-corrected chi connectivity index (χ2v) is 2.58. The zero-order valence-electron chi connectivity index (χ0n) is 5.54. The highest BCUT2D eigenvalue weighted by Gasteiger charge is 1.93. The molecule has 10 heavy (non-hydrogen) atoms. The van der Waals surface area contributed by atoms with Crippen LogP contribution in [-0.2, 0) is 6.54 Å². The minimum absolute atomic E-state index is 0.536. The monoisotopic (exact) mass is 154 g/mol. The molecule has 0 aliphatic carbocycles. The van der Waals surface area contributed by atoms with Crippen molar-refractivity contribution < 1.29 is 0 Å². The van der Waals surface area contributed by atoms with E-state index in [0.29, 0.717) is 12.2 Å². The van der Waals surface area contributed by atoms with Gasteiger partial charge in [-0.05, 0) is 17.7 Å². The SMILES string of the molecule is NCc1ccc(N)c(S)c1. The third-order valence-electron chi connectivity index (χ3n) is 1.33. The average Bonchev–Trinajstić information content (AvgIpc) is 1.95. The molecule has 1 rings (SSSR count). The summed E-state index contributed by atoms with van der Waals surface area (Å²) < 4.78 is 0. The Labute approximate surface area is 65.6 Å². The van der Waals surface area contributed by atoms with Crippen molar-refractivity contribution in [1.29, 1.82) is 0 Å². The molecule has 4 N–H and O–H groups in total. The molecule has 0 aliphatic heterocycles. The fraction of sp³-hybridized carbons (Fsp3) is 0.143. The summed E-state index contributed by atoms with van der Waals surface area (Å²) in [7, 11) is 0. The number of thiol groups is 1. The van der Waals surface area contributed by atoms with Gasteiger partial charge in [0.15, 0.2) is 0 Å². The number of hydrogen-bond donors (Lipinski definition) is 3. The van der Waals surface area contributed by atoms with Crippen LogP contribution in [0.2, 0.25) is 0 Å². The standard InChI is InChI=1S/C7H10N2S/c8-4-5-1-2-6(9)7(10)3-5/h1-3,10H,4,8-9H2. The maximum absolute atomic E-state index is 5.53. The quantitative estimate of drug-likeness (QED) is 0.418. The number of rotatable bonds is 1. The highest BCUT2D eigenvalue weighted by atomic mass is 32.1. The van der Waals surface area contributed by atoms with Crippen molar-refractivity contribution in [3.05, 3.63) is 23.8 Å². The van der Waals surface area contributed by atoms with Crippen LogP contribution in [0.15, 0.2) is 23.1 Å². The fourth-order valence-electron chi connectivity index (χ4n) is 0.716. The van der Waals surface area contributed by atoms with Gasteiger partial charge in [0, 0.05) is 17.1 Å². The summed E-state index contributed by atoms with van der Waals surface area (Å²) in [4.78, 5) is 0.794. The van der Waals surface area contributed by atoms with Gasteiger partial charge in [-0.15, -0.1) is 12.6 Å². The molecule has 3 heteroatoms. The van der Waals surface area contributed by atoms with Crippen molar-refractivity contribution in [2.24, 2.45) is 5.73 Å². The summed E-state index contributed by atoms with van der Waals surface area (Å²) in [5.74, 6) is 0. The van der Waals surface area contributed by atoms with E-state index in [-0.39, 0.29) is 0 Å². The molecule has 0 atom stereocenters. The predicted molar refractivity (Wildman–Crippen MR) is 46.0 cm³/mol. The van der Waals surface area contributed by atoms with E-state index in [1.54, 1.807) is 0 Å². The Balaban J connectivity index is 3.04. The molecule has 54 valence electrons. The first-order valence-corrected chi connectivity index (χ1v) is 3.46. The number of nitrogen functional groups attached to an aromatic ring is 1. The zero-order valence-corrected chi connectivity index (χ0v) is 6.44. The smallest absolute Gasteiger partial charge is 0.0449 e. The molecule has 0 amide bonds. The number of hydrogen-bond acceptors (Lipinski definition) is 3. The Morgan fingerprint density at radius 1 is 1.40 bits per heavy atom. The molecule has 0 fully saturated rings. The van der Waals surface area contributed by atoms with E-state index in [4.69, 9.17) is 11.5 Å². The van der Waals surface area contributed by atoms with Crippen LogP contribution < -0.4 is 11.5 Å². The number of anilines is 1. The second kappa shape index (κ2) is 2.94. The highest BCUT2D eigenvalue weighted by Crippen LogP contribution is 2.16. The normalized spacial score (nSPS) is 9.80. The third kappa shape index (κ3) is 1.43. The van der Waals surface area contributed by atoms with Crippen molar-refractivity contribution in [3.8, 4) is 0 Å². The Hall–Kier alpha value is -0.670. The Morgan fingerprint density at radius 3 is 2.60 bits per heavy atom. The van der Waals surface area contributed by atoms with Crippen LogP contribution in [0.1, 0.15) is 5.56 Å². The Bertz CT molecular complexity index is 235. The van der Waals surface area contributed by atoms with Crippen LogP contribution >= 0.6 is 12.6 Å². The van der Waals surface area contributed by atoms with Crippen molar-refractivity contribution in [2.45, 2.75) is 11.4 Å². The van der Waals surface area contributed by atoms with Gasteiger partial charge in [0.2, 0.25) is 0 Å². The predicted octanol–water partition coefficient (Wildman–Crippen LogP) is 1.02. The largest absolute Gasteiger partial charge is 0.398 e. The van der Waals surface area contributed by atoms with Crippen LogP contribution in [0.25, 0.3) is 0 Å². The topological polar surface area (TPSA) is 52.0 Å². The lowest BCUT2D eigenvalue weighted by atomic mass is 10.2. The van der Waals surface area contributed by atoms with Crippen LogP contribution in [0.3, 0.4) is 0 Å². The van der Waals surface area contributed by atoms with E-state index in [2.05, 4.69) is 12.6 Å². The molecule has 0 saturated carbocycles. The maximum atomic E-state index is 5.53. The molecule has 0 aromatic heterocycles. The summed E-state index contributed by atoms with van der Waals surface area (Å²) >= 11 is 4.14. The summed E-state index contributed by atoms with van der Waals surface area (Å²) in [5, 5.41) is 0. The summed E-state index contributed by atoms with van der Waals surface area (Å²) in [5.41, 5.74) is 12.7. The molecule has 0 aliphatic rings. The second-order valence-electron chi connectivity index (χ2n) is 2.10. The van der Waals surface area contributed by atoms with Crippen LogP contribution in [0.4, 0.5) is 5.69 Å². The number of benzene rings is 1. The van der Waals surface area contributed by atoms with Crippen LogP contribution in [-0.4, -0.2) is 0 Å². The molecule has 0 heterocycles. The third-order valence-corrected chi connectivity index (χ3v) is 1.72. The van der Waals surface area contributed by atoms with E-state index in [1.165, 1.54) is 0 Å². The summed E-state index contributed by atoms with van der Waals surface area (Å²) in [6.07, 6.45) is 0. The van der Waals surface area contributed by atoms with Crippen molar-refractivity contribution >= 4 is 18.3 Å². The van der Waals surface area contributed by atoms with Gasteiger partial charge in [-0.2, -0.15) is 0 Å². The molecular weight excluding hydrogens is 144 g/mol. The molecule has 0 unspecified atom stereocenters. The summed E-state index contributed by atoms with van der Waals surface area (Å²) in [6, 6.07) is 5.58. The Kier molecular flexibility index (Phi) is 2.19. The Morgan fingerprint density at radius 2 is 2.10 bits per heavy atom. The van der Waals surface area contributed by atoms with Gasteiger partial charge in [0.25, 0.3) is 0 Å². The first-order valence-electron chi connectivity index (χ1n) is 3.01. The molecule has 0 saturated heterocycles. The molecule has 1 aromatic rings. The fourth-order valence-corrected chi connectivity index (χ4v) is 0.957. The lowest BCUT2D eigenvalue weighted by Gasteiger charge is -2.00. The molecule has 0 radical (unpaired) electrons. The summed E-state index contributed by atoms with van der Waals surface area (Å²) in [6.45, 7) is 0.536. The lowest BCUT2D eigenvalue weighted by Crippen LogP contribution is -1.97. The van der Waals surface area contributed by atoms with E-state index >= 15 is 0 Å². The van der Waals surface area contributed by atoms with E-state index < -0.39 is 0 Å². The number of nitrogens with two attached hydrogens (primary N) is 2.